The summed E-state index contributed by atoms with van der Waals surface area (Å²) in [7, 11) is 0. The van der Waals surface area contributed by atoms with Gasteiger partial charge in [-0.15, -0.1) is 5.10 Å². The number of hydrogen-bond acceptors (Lipinski definition) is 12. The van der Waals surface area contributed by atoms with Crippen molar-refractivity contribution in [2.45, 2.75) is 50.6 Å². The lowest BCUT2D eigenvalue weighted by Crippen LogP contribution is -2.54. The second-order valence-electron chi connectivity index (χ2n) is 15.4. The van der Waals surface area contributed by atoms with Crippen LogP contribution in [0.1, 0.15) is 70.8 Å². The first-order chi connectivity index (χ1) is 28.7. The van der Waals surface area contributed by atoms with Crippen LogP contribution < -0.4 is 20.4 Å². The maximum atomic E-state index is 14.1. The van der Waals surface area contributed by atoms with Gasteiger partial charge in [0.05, 0.1) is 35.6 Å². The van der Waals surface area contributed by atoms with Gasteiger partial charge in [-0.05, 0) is 79.8 Å². The Bertz CT molecular complexity index is 2480. The zero-order valence-electron chi connectivity index (χ0n) is 32.3. The Hall–Kier alpha value is -6.55. The van der Waals surface area contributed by atoms with Crippen LogP contribution in [0.3, 0.4) is 0 Å². The monoisotopic (exact) mass is 798 g/mol. The number of imidazole rings is 1. The van der Waals surface area contributed by atoms with Gasteiger partial charge in [0, 0.05) is 57.8 Å². The molecule has 2 aromatic carbocycles. The molecule has 4 aliphatic rings. The number of aromatic nitrogens is 4. The zero-order valence-corrected chi connectivity index (χ0v) is 32.3. The molecule has 15 nitrogen and oxygen atoms in total. The molecule has 0 bridgehead atoms. The van der Waals surface area contributed by atoms with Gasteiger partial charge in [-0.1, -0.05) is 24.3 Å². The SMILES string of the molecule is O=C(CCCNc1cccc2c1C(=O)N(C1CCC(=O)NC1=O)C2=O)CN1CCN(c2cccc(-c3cnc4ccc(N5CCC[C@@H]5c5cccc(F)c5)nn34)n2)CC1. The molecule has 5 aromatic rings. The highest BCUT2D eigenvalue weighted by atomic mass is 19.1. The van der Waals surface area contributed by atoms with Gasteiger partial charge in [-0.3, -0.25) is 39.1 Å². The number of rotatable bonds is 12. The van der Waals surface area contributed by atoms with Crippen LogP contribution in [0.4, 0.5) is 21.7 Å². The van der Waals surface area contributed by atoms with Gasteiger partial charge in [-0.2, -0.15) is 0 Å². The minimum atomic E-state index is -1.03. The van der Waals surface area contributed by atoms with Gasteiger partial charge >= 0.3 is 0 Å². The lowest BCUT2D eigenvalue weighted by molar-refractivity contribution is -0.136. The summed E-state index contributed by atoms with van der Waals surface area (Å²) in [5.41, 5.74) is 4.05. The van der Waals surface area contributed by atoms with Crippen LogP contribution in [0.25, 0.3) is 17.0 Å². The number of carbonyl (C=O) groups excluding carboxylic acids is 5. The molecule has 0 radical (unpaired) electrons. The number of ketones is 1. The van der Waals surface area contributed by atoms with Gasteiger partial charge < -0.3 is 15.1 Å². The lowest BCUT2D eigenvalue weighted by atomic mass is 10.0. The number of piperazine rings is 1. The molecular formula is C43H43FN10O5. The first-order valence-electron chi connectivity index (χ1n) is 20.1. The van der Waals surface area contributed by atoms with E-state index in [1.54, 1.807) is 36.5 Å². The Morgan fingerprint density at radius 1 is 0.864 bits per heavy atom. The molecule has 2 N–H and O–H groups in total. The highest BCUT2D eigenvalue weighted by Crippen LogP contribution is 2.36. The van der Waals surface area contributed by atoms with E-state index in [2.05, 4.69) is 30.3 Å². The normalized spacial score (nSPS) is 19.8. The molecule has 16 heteroatoms. The third kappa shape index (κ3) is 7.51. The van der Waals surface area contributed by atoms with Gasteiger partial charge in [0.2, 0.25) is 11.8 Å². The number of piperidine rings is 1. The highest BCUT2D eigenvalue weighted by Gasteiger charge is 2.45. The number of hydrogen-bond donors (Lipinski definition) is 2. The smallest absolute Gasteiger partial charge is 0.264 e. The van der Waals surface area contributed by atoms with Crippen molar-refractivity contribution in [3.63, 3.8) is 0 Å². The molecule has 0 spiro atoms. The van der Waals surface area contributed by atoms with Crippen molar-refractivity contribution in [3.8, 4) is 11.4 Å². The average molecular weight is 799 g/mol. The average Bonchev–Trinajstić information content (AvgIpc) is 3.97. The summed E-state index contributed by atoms with van der Waals surface area (Å²) in [5.74, 6) is -0.696. The van der Waals surface area contributed by atoms with E-state index < -0.39 is 29.7 Å². The van der Waals surface area contributed by atoms with Crippen molar-refractivity contribution in [1.29, 1.82) is 0 Å². The number of benzene rings is 2. The Balaban J connectivity index is 0.773. The summed E-state index contributed by atoms with van der Waals surface area (Å²) in [5, 5.41) is 10.4. The summed E-state index contributed by atoms with van der Waals surface area (Å²) in [6.07, 6.45) is 4.72. The minimum Gasteiger partial charge on any atom is -0.384 e. The number of Topliss-reactive ketones (excluding diaryl/α,β-unsaturated/α-hetero) is 1. The predicted octanol–water partition coefficient (Wildman–Crippen LogP) is 4.26. The molecule has 0 aliphatic carbocycles. The molecule has 1 unspecified atom stereocenters. The molecule has 302 valence electrons. The van der Waals surface area contributed by atoms with Crippen LogP contribution >= 0.6 is 0 Å². The maximum absolute atomic E-state index is 14.1. The number of halogens is 1. The van der Waals surface area contributed by atoms with Crippen molar-refractivity contribution in [1.82, 2.24) is 34.7 Å². The standard InChI is InChI=1S/C43H43FN10O5/c44-28-7-1-6-27(24-28)33-12-5-19-52(33)38-16-15-36-46-25-35(54(36)49-38)31-10-3-13-37(47-31)51-22-20-50(21-23-51)26-29(55)8-4-18-45-32-11-2-9-30-40(32)43(59)53(42(30)58)34-14-17-39(56)48-41(34)57/h1-3,6-7,9-11,13,15-16,24-25,33-34,45H,4-5,8,12,14,17-23,26H2,(H,48,56,57)/t33-,34?/m1/s1. The largest absolute Gasteiger partial charge is 0.384 e. The fraction of sp³-hybridized carbons (Fsp3) is 0.349. The zero-order chi connectivity index (χ0) is 40.6. The van der Waals surface area contributed by atoms with Crippen LogP contribution in [-0.4, -0.2) is 111 Å². The molecule has 0 saturated carbocycles. The number of amides is 4. The summed E-state index contributed by atoms with van der Waals surface area (Å²) in [6, 6.07) is 20.6. The van der Waals surface area contributed by atoms with Gasteiger partial charge in [-0.25, -0.2) is 18.9 Å². The number of carbonyl (C=O) groups is 5. The number of fused-ring (bicyclic) bond motifs is 2. The molecular weight excluding hydrogens is 756 g/mol. The maximum Gasteiger partial charge on any atom is 0.264 e. The number of nitrogens with one attached hydrogen (secondary N) is 2. The third-order valence-corrected chi connectivity index (χ3v) is 11.6. The first kappa shape index (κ1) is 38.0. The molecule has 7 heterocycles. The molecule has 9 rings (SSSR count). The van der Waals surface area contributed by atoms with Crippen LogP contribution in [0.5, 0.6) is 0 Å². The van der Waals surface area contributed by atoms with E-state index in [1.165, 1.54) is 6.07 Å². The Kier molecular flexibility index (Phi) is 10.3. The van der Waals surface area contributed by atoms with E-state index in [0.29, 0.717) is 63.4 Å². The Morgan fingerprint density at radius 3 is 2.53 bits per heavy atom. The number of anilines is 3. The van der Waals surface area contributed by atoms with Gasteiger partial charge in [0.1, 0.15) is 35.0 Å². The first-order valence-corrected chi connectivity index (χ1v) is 20.1. The number of nitrogens with zero attached hydrogens (tertiary/aromatic N) is 8. The van der Waals surface area contributed by atoms with E-state index in [4.69, 9.17) is 10.1 Å². The van der Waals surface area contributed by atoms with Crippen molar-refractivity contribution in [3.05, 3.63) is 102 Å². The van der Waals surface area contributed by atoms with Gasteiger partial charge in [0.15, 0.2) is 5.65 Å². The van der Waals surface area contributed by atoms with Crippen LogP contribution in [0, 0.1) is 5.82 Å². The predicted molar refractivity (Wildman–Crippen MR) is 216 cm³/mol. The van der Waals surface area contributed by atoms with E-state index in [-0.39, 0.29) is 41.6 Å². The Morgan fingerprint density at radius 2 is 1.69 bits per heavy atom. The number of imide groups is 2. The second-order valence-corrected chi connectivity index (χ2v) is 15.4. The molecule has 3 saturated heterocycles. The fourth-order valence-electron chi connectivity index (χ4n) is 8.67. The lowest BCUT2D eigenvalue weighted by Gasteiger charge is -2.35. The van der Waals surface area contributed by atoms with Crippen LogP contribution in [0.15, 0.2) is 79.0 Å². The molecule has 59 heavy (non-hydrogen) atoms. The summed E-state index contributed by atoms with van der Waals surface area (Å²) >= 11 is 0. The van der Waals surface area contributed by atoms with Crippen molar-refractivity contribution < 1.29 is 28.4 Å². The molecule has 4 aliphatic heterocycles. The quantitative estimate of drug-likeness (QED) is 0.136. The summed E-state index contributed by atoms with van der Waals surface area (Å²) < 4.78 is 15.9. The molecule has 4 amide bonds. The third-order valence-electron chi connectivity index (χ3n) is 11.6. The minimum absolute atomic E-state index is 0.0425. The van der Waals surface area contributed by atoms with Crippen LogP contribution in [0.2, 0.25) is 0 Å². The highest BCUT2D eigenvalue weighted by molar-refractivity contribution is 6.25. The van der Waals surface area contributed by atoms with Crippen molar-refractivity contribution >= 4 is 52.4 Å². The molecule has 3 aromatic heterocycles. The van der Waals surface area contributed by atoms with Crippen LogP contribution in [-0.2, 0) is 14.4 Å². The topological polar surface area (TPSA) is 165 Å². The van der Waals surface area contributed by atoms with E-state index in [1.807, 2.05) is 40.9 Å². The summed E-state index contributed by atoms with van der Waals surface area (Å²) in [4.78, 5) is 80.8. The second kappa shape index (κ2) is 16.0. The van der Waals surface area contributed by atoms with E-state index in [0.717, 1.165) is 52.9 Å². The van der Waals surface area contributed by atoms with E-state index >= 15 is 0 Å². The van der Waals surface area contributed by atoms with Crippen molar-refractivity contribution in [2.75, 3.05) is 60.9 Å². The van der Waals surface area contributed by atoms with E-state index in [9.17, 15) is 28.4 Å². The molecule has 2 atom stereocenters. The fourth-order valence-corrected chi connectivity index (χ4v) is 8.67. The Labute approximate surface area is 339 Å². The summed E-state index contributed by atoms with van der Waals surface area (Å²) in [6.45, 7) is 4.39. The number of pyridine rings is 1. The van der Waals surface area contributed by atoms with Crippen molar-refractivity contribution in [2.24, 2.45) is 0 Å². The van der Waals surface area contributed by atoms with Gasteiger partial charge in [0.25, 0.3) is 11.8 Å². The molecule has 3 fully saturated rings.